The standard InChI is InChI=1S/C13H20N2O3/c1-11-10-12(7-8-14-11)18-9-5-3-2-4-6-13(16)15-17/h7-8,10,17H,2-6,9H2,1H3,(H,15,16). The maximum Gasteiger partial charge on any atom is 0.243 e. The van der Waals surface area contributed by atoms with Crippen molar-refractivity contribution in [3.63, 3.8) is 0 Å². The second kappa shape index (κ2) is 8.47. The summed E-state index contributed by atoms with van der Waals surface area (Å²) in [5, 5.41) is 8.30. The molecule has 5 heteroatoms. The Bertz CT molecular complexity index is 369. The molecular weight excluding hydrogens is 232 g/mol. The Kier molecular flexibility index (Phi) is 6.79. The van der Waals surface area contributed by atoms with Gasteiger partial charge in [-0.05, 0) is 25.8 Å². The molecule has 0 aliphatic carbocycles. The summed E-state index contributed by atoms with van der Waals surface area (Å²) >= 11 is 0. The minimum Gasteiger partial charge on any atom is -0.493 e. The summed E-state index contributed by atoms with van der Waals surface area (Å²) < 4.78 is 5.58. The van der Waals surface area contributed by atoms with Gasteiger partial charge in [0.05, 0.1) is 6.61 Å². The van der Waals surface area contributed by atoms with Crippen LogP contribution >= 0.6 is 0 Å². The number of amides is 1. The Morgan fingerprint density at radius 1 is 1.39 bits per heavy atom. The predicted octanol–water partition coefficient (Wildman–Crippen LogP) is 2.22. The first kappa shape index (κ1) is 14.4. The number of carbonyl (C=O) groups is 1. The van der Waals surface area contributed by atoms with Crippen LogP contribution in [0.1, 0.15) is 37.8 Å². The number of pyridine rings is 1. The van der Waals surface area contributed by atoms with Crippen LogP contribution in [0.3, 0.4) is 0 Å². The van der Waals surface area contributed by atoms with Crippen LogP contribution in [0.15, 0.2) is 18.3 Å². The number of aryl methyl sites for hydroxylation is 1. The SMILES string of the molecule is Cc1cc(OCCCCCCC(=O)NO)ccn1. The lowest BCUT2D eigenvalue weighted by atomic mass is 10.1. The zero-order valence-electron chi connectivity index (χ0n) is 10.7. The number of hydrogen-bond donors (Lipinski definition) is 2. The molecule has 1 heterocycles. The highest BCUT2D eigenvalue weighted by molar-refractivity contribution is 5.74. The molecule has 0 aromatic carbocycles. The van der Waals surface area contributed by atoms with Gasteiger partial charge in [-0.1, -0.05) is 12.8 Å². The topological polar surface area (TPSA) is 71.5 Å². The van der Waals surface area contributed by atoms with Crippen LogP contribution in [0.4, 0.5) is 0 Å². The number of hydroxylamine groups is 1. The Balaban J connectivity index is 2.00. The first-order valence-corrected chi connectivity index (χ1v) is 6.21. The third-order valence-corrected chi connectivity index (χ3v) is 2.56. The summed E-state index contributed by atoms with van der Waals surface area (Å²) in [5.74, 6) is 0.528. The fourth-order valence-corrected chi connectivity index (χ4v) is 1.60. The van der Waals surface area contributed by atoms with Crippen molar-refractivity contribution in [2.75, 3.05) is 6.61 Å². The van der Waals surface area contributed by atoms with E-state index in [9.17, 15) is 4.79 Å². The van der Waals surface area contributed by atoms with Crippen LogP contribution < -0.4 is 10.2 Å². The van der Waals surface area contributed by atoms with Crippen LogP contribution in [-0.4, -0.2) is 22.7 Å². The number of hydrogen-bond acceptors (Lipinski definition) is 4. The largest absolute Gasteiger partial charge is 0.493 e. The third-order valence-electron chi connectivity index (χ3n) is 2.56. The van der Waals surface area contributed by atoms with Gasteiger partial charge in [-0.25, -0.2) is 5.48 Å². The quantitative estimate of drug-likeness (QED) is 0.423. The number of nitrogens with zero attached hydrogens (tertiary/aromatic N) is 1. The van der Waals surface area contributed by atoms with E-state index in [1.165, 1.54) is 0 Å². The predicted molar refractivity (Wildman–Crippen MR) is 67.5 cm³/mol. The molecule has 1 rings (SSSR count). The van der Waals surface area contributed by atoms with Crippen molar-refractivity contribution < 1.29 is 14.7 Å². The molecule has 0 unspecified atom stereocenters. The van der Waals surface area contributed by atoms with E-state index in [1.54, 1.807) is 11.7 Å². The molecule has 5 nitrogen and oxygen atoms in total. The average Bonchev–Trinajstić information content (AvgIpc) is 2.37. The summed E-state index contributed by atoms with van der Waals surface area (Å²) in [7, 11) is 0. The van der Waals surface area contributed by atoms with Crippen molar-refractivity contribution in [1.82, 2.24) is 10.5 Å². The van der Waals surface area contributed by atoms with Gasteiger partial charge in [0.2, 0.25) is 5.91 Å². The fraction of sp³-hybridized carbons (Fsp3) is 0.538. The van der Waals surface area contributed by atoms with Gasteiger partial charge in [-0.15, -0.1) is 0 Å². The fourth-order valence-electron chi connectivity index (χ4n) is 1.60. The Morgan fingerprint density at radius 2 is 2.17 bits per heavy atom. The lowest BCUT2D eigenvalue weighted by Gasteiger charge is -2.06. The molecule has 0 saturated carbocycles. The number of rotatable bonds is 8. The zero-order valence-corrected chi connectivity index (χ0v) is 10.7. The molecular formula is C13H20N2O3. The van der Waals surface area contributed by atoms with E-state index in [0.717, 1.165) is 37.1 Å². The van der Waals surface area contributed by atoms with E-state index >= 15 is 0 Å². The highest BCUT2D eigenvalue weighted by atomic mass is 16.5. The molecule has 100 valence electrons. The number of unbranched alkanes of at least 4 members (excludes halogenated alkanes) is 3. The first-order chi connectivity index (χ1) is 8.72. The molecule has 1 amide bonds. The van der Waals surface area contributed by atoms with E-state index in [4.69, 9.17) is 9.94 Å². The molecule has 0 spiro atoms. The normalized spacial score (nSPS) is 10.1. The first-order valence-electron chi connectivity index (χ1n) is 6.21. The van der Waals surface area contributed by atoms with Gasteiger partial charge >= 0.3 is 0 Å². The molecule has 0 fully saturated rings. The van der Waals surface area contributed by atoms with Crippen molar-refractivity contribution in [3.8, 4) is 5.75 Å². The van der Waals surface area contributed by atoms with Gasteiger partial charge in [-0.3, -0.25) is 15.0 Å². The van der Waals surface area contributed by atoms with Gasteiger partial charge in [-0.2, -0.15) is 0 Å². The summed E-state index contributed by atoms with van der Waals surface area (Å²) in [4.78, 5) is 14.8. The van der Waals surface area contributed by atoms with Crippen LogP contribution in [0.25, 0.3) is 0 Å². The Hall–Kier alpha value is -1.62. The molecule has 0 radical (unpaired) electrons. The van der Waals surface area contributed by atoms with Crippen molar-refractivity contribution >= 4 is 5.91 Å². The molecule has 18 heavy (non-hydrogen) atoms. The molecule has 2 N–H and O–H groups in total. The lowest BCUT2D eigenvalue weighted by Crippen LogP contribution is -2.17. The molecule has 0 atom stereocenters. The molecule has 0 saturated heterocycles. The number of ether oxygens (including phenoxy) is 1. The van der Waals surface area contributed by atoms with E-state index in [1.807, 2.05) is 19.1 Å². The van der Waals surface area contributed by atoms with Crippen molar-refractivity contribution in [1.29, 1.82) is 0 Å². The summed E-state index contributed by atoms with van der Waals surface area (Å²) in [5.41, 5.74) is 2.57. The van der Waals surface area contributed by atoms with Crippen LogP contribution in [0.5, 0.6) is 5.75 Å². The van der Waals surface area contributed by atoms with Gasteiger partial charge in [0.25, 0.3) is 0 Å². The summed E-state index contributed by atoms with van der Waals surface area (Å²) in [6.07, 6.45) is 5.84. The van der Waals surface area contributed by atoms with Crippen molar-refractivity contribution in [2.24, 2.45) is 0 Å². The van der Waals surface area contributed by atoms with Crippen molar-refractivity contribution in [3.05, 3.63) is 24.0 Å². The van der Waals surface area contributed by atoms with E-state index in [0.29, 0.717) is 13.0 Å². The third kappa shape index (κ3) is 6.20. The second-order valence-corrected chi connectivity index (χ2v) is 4.18. The summed E-state index contributed by atoms with van der Waals surface area (Å²) in [6, 6.07) is 3.75. The highest BCUT2D eigenvalue weighted by Crippen LogP contribution is 2.11. The summed E-state index contributed by atoms with van der Waals surface area (Å²) in [6.45, 7) is 2.61. The van der Waals surface area contributed by atoms with Crippen LogP contribution in [0.2, 0.25) is 0 Å². The molecule has 1 aromatic heterocycles. The van der Waals surface area contributed by atoms with Gasteiger partial charge in [0.1, 0.15) is 5.75 Å². The van der Waals surface area contributed by atoms with E-state index in [-0.39, 0.29) is 5.91 Å². The second-order valence-electron chi connectivity index (χ2n) is 4.18. The number of nitrogens with one attached hydrogen (secondary N) is 1. The minimum atomic E-state index is -0.321. The molecule has 1 aromatic rings. The Labute approximate surface area is 107 Å². The van der Waals surface area contributed by atoms with E-state index in [2.05, 4.69) is 4.98 Å². The highest BCUT2D eigenvalue weighted by Gasteiger charge is 1.99. The molecule has 0 aliphatic rings. The smallest absolute Gasteiger partial charge is 0.243 e. The Morgan fingerprint density at radius 3 is 2.89 bits per heavy atom. The zero-order chi connectivity index (χ0) is 13.2. The minimum absolute atomic E-state index is 0.321. The maximum absolute atomic E-state index is 10.7. The van der Waals surface area contributed by atoms with E-state index < -0.39 is 0 Å². The molecule has 0 aliphatic heterocycles. The van der Waals surface area contributed by atoms with Gasteiger partial charge in [0.15, 0.2) is 0 Å². The average molecular weight is 252 g/mol. The molecule has 0 bridgehead atoms. The number of aromatic nitrogens is 1. The van der Waals surface area contributed by atoms with Gasteiger partial charge in [0, 0.05) is 24.4 Å². The number of carbonyl (C=O) groups excluding carboxylic acids is 1. The van der Waals surface area contributed by atoms with Gasteiger partial charge < -0.3 is 4.74 Å². The lowest BCUT2D eigenvalue weighted by molar-refractivity contribution is -0.129. The maximum atomic E-state index is 10.7. The van der Waals surface area contributed by atoms with Crippen LogP contribution in [0, 0.1) is 6.92 Å². The monoisotopic (exact) mass is 252 g/mol. The van der Waals surface area contributed by atoms with Crippen LogP contribution in [-0.2, 0) is 4.79 Å². The van der Waals surface area contributed by atoms with Crippen molar-refractivity contribution in [2.45, 2.75) is 39.0 Å².